The minimum atomic E-state index is -3.75. The number of sulfonamides is 1. The van der Waals surface area contributed by atoms with Gasteiger partial charge in [0.1, 0.15) is 0 Å². The van der Waals surface area contributed by atoms with Crippen molar-refractivity contribution in [3.63, 3.8) is 0 Å². The minimum absolute atomic E-state index is 0.141. The Kier molecular flexibility index (Phi) is 4.13. The molecular formula is C13H12Cl2N2O2S. The van der Waals surface area contributed by atoms with Crippen LogP contribution in [0.15, 0.2) is 41.3 Å². The van der Waals surface area contributed by atoms with Crippen LogP contribution in [0.1, 0.15) is 5.56 Å². The molecular weight excluding hydrogens is 319 g/mol. The van der Waals surface area contributed by atoms with Crippen LogP contribution < -0.4 is 10.5 Å². The molecule has 106 valence electrons. The zero-order valence-corrected chi connectivity index (χ0v) is 12.9. The molecule has 7 heteroatoms. The van der Waals surface area contributed by atoms with Crippen molar-refractivity contribution >= 4 is 44.6 Å². The Bertz CT molecular complexity index is 761. The van der Waals surface area contributed by atoms with Gasteiger partial charge in [0, 0.05) is 10.7 Å². The van der Waals surface area contributed by atoms with Crippen molar-refractivity contribution in [2.45, 2.75) is 11.8 Å². The largest absolute Gasteiger partial charge is 0.399 e. The molecule has 2 rings (SSSR count). The second-order valence-electron chi connectivity index (χ2n) is 4.25. The van der Waals surface area contributed by atoms with Gasteiger partial charge < -0.3 is 5.73 Å². The molecule has 0 amide bonds. The number of halogens is 2. The molecule has 0 heterocycles. The molecule has 3 N–H and O–H groups in total. The van der Waals surface area contributed by atoms with Crippen LogP contribution in [0.4, 0.5) is 11.4 Å². The maximum Gasteiger partial charge on any atom is 0.262 e. The molecule has 0 fully saturated rings. The highest BCUT2D eigenvalue weighted by molar-refractivity contribution is 7.92. The fraction of sp³-hybridized carbons (Fsp3) is 0.0769. The van der Waals surface area contributed by atoms with Crippen LogP contribution in [0.3, 0.4) is 0 Å². The van der Waals surface area contributed by atoms with Crippen LogP contribution in [-0.4, -0.2) is 8.42 Å². The second kappa shape index (κ2) is 5.52. The summed E-state index contributed by atoms with van der Waals surface area (Å²) in [4.78, 5) is 0.141. The summed E-state index contributed by atoms with van der Waals surface area (Å²) < 4.78 is 27.1. The first-order valence-electron chi connectivity index (χ1n) is 5.63. The van der Waals surface area contributed by atoms with E-state index in [4.69, 9.17) is 28.9 Å². The molecule has 0 atom stereocenters. The van der Waals surface area contributed by atoms with Gasteiger partial charge in [-0.15, -0.1) is 0 Å². The topological polar surface area (TPSA) is 72.2 Å². The van der Waals surface area contributed by atoms with Gasteiger partial charge in [-0.05, 0) is 48.9 Å². The highest BCUT2D eigenvalue weighted by Crippen LogP contribution is 2.28. The highest BCUT2D eigenvalue weighted by atomic mass is 35.5. The number of hydrogen-bond donors (Lipinski definition) is 2. The normalized spacial score (nSPS) is 11.3. The van der Waals surface area contributed by atoms with Crippen molar-refractivity contribution in [3.05, 3.63) is 52.0 Å². The zero-order chi connectivity index (χ0) is 14.9. The minimum Gasteiger partial charge on any atom is -0.399 e. The van der Waals surface area contributed by atoms with Gasteiger partial charge in [0.15, 0.2) is 0 Å². The molecule has 4 nitrogen and oxygen atoms in total. The zero-order valence-electron chi connectivity index (χ0n) is 10.5. The lowest BCUT2D eigenvalue weighted by atomic mass is 10.2. The lowest BCUT2D eigenvalue weighted by Gasteiger charge is -2.12. The van der Waals surface area contributed by atoms with Gasteiger partial charge in [-0.25, -0.2) is 8.42 Å². The van der Waals surface area contributed by atoms with Gasteiger partial charge in [-0.1, -0.05) is 23.2 Å². The van der Waals surface area contributed by atoms with Gasteiger partial charge in [-0.2, -0.15) is 0 Å². The first-order chi connectivity index (χ1) is 9.29. The average molecular weight is 331 g/mol. The number of nitrogen functional groups attached to an aromatic ring is 1. The van der Waals surface area contributed by atoms with E-state index in [0.29, 0.717) is 16.3 Å². The Morgan fingerprint density at radius 1 is 1.10 bits per heavy atom. The van der Waals surface area contributed by atoms with E-state index in [1.165, 1.54) is 24.3 Å². The van der Waals surface area contributed by atoms with E-state index in [9.17, 15) is 8.42 Å². The van der Waals surface area contributed by atoms with E-state index in [1.54, 1.807) is 19.1 Å². The third kappa shape index (κ3) is 3.17. The highest BCUT2D eigenvalue weighted by Gasteiger charge is 2.18. The van der Waals surface area contributed by atoms with E-state index in [0.717, 1.165) is 0 Å². The number of rotatable bonds is 3. The maximum absolute atomic E-state index is 12.3. The van der Waals surface area contributed by atoms with Gasteiger partial charge >= 0.3 is 0 Å². The van der Waals surface area contributed by atoms with Crippen LogP contribution >= 0.6 is 23.2 Å². The fourth-order valence-electron chi connectivity index (χ4n) is 1.75. The quantitative estimate of drug-likeness (QED) is 0.843. The lowest BCUT2D eigenvalue weighted by molar-refractivity contribution is 0.600. The molecule has 0 bridgehead atoms. The molecule has 0 radical (unpaired) electrons. The molecule has 20 heavy (non-hydrogen) atoms. The second-order valence-corrected chi connectivity index (χ2v) is 6.75. The molecule has 0 aliphatic rings. The number of nitrogens with one attached hydrogen (secondary N) is 1. The summed E-state index contributed by atoms with van der Waals surface area (Å²) in [7, 11) is -3.75. The van der Waals surface area contributed by atoms with Crippen LogP contribution in [-0.2, 0) is 10.0 Å². The number of hydrogen-bond acceptors (Lipinski definition) is 3. The summed E-state index contributed by atoms with van der Waals surface area (Å²) in [5, 5.41) is 0.659. The fourth-order valence-corrected chi connectivity index (χ4v) is 3.44. The Labute approximate surface area is 127 Å². The van der Waals surface area contributed by atoms with E-state index < -0.39 is 10.0 Å². The molecule has 0 spiro atoms. The number of aryl methyl sites for hydroxylation is 1. The van der Waals surface area contributed by atoms with Crippen LogP contribution in [0.2, 0.25) is 10.0 Å². The standard InChI is InChI=1S/C13H12Cl2N2O2S/c1-8-6-10(16)3-5-13(8)20(18,19)17-12-7-9(14)2-4-11(12)15/h2-7,17H,16H2,1H3. The Morgan fingerprint density at radius 2 is 1.80 bits per heavy atom. The maximum atomic E-state index is 12.3. The van der Waals surface area contributed by atoms with Crippen LogP contribution in [0, 0.1) is 6.92 Å². The van der Waals surface area contributed by atoms with Crippen molar-refractivity contribution < 1.29 is 8.42 Å². The van der Waals surface area contributed by atoms with Crippen LogP contribution in [0.25, 0.3) is 0 Å². The lowest BCUT2D eigenvalue weighted by Crippen LogP contribution is -2.14. The number of benzene rings is 2. The molecule has 2 aromatic rings. The predicted octanol–water partition coefficient (Wildman–Crippen LogP) is 3.68. The van der Waals surface area contributed by atoms with Gasteiger partial charge in [0.05, 0.1) is 15.6 Å². The summed E-state index contributed by atoms with van der Waals surface area (Å²) in [5.74, 6) is 0. The van der Waals surface area contributed by atoms with Crippen molar-refractivity contribution in [2.24, 2.45) is 0 Å². The first-order valence-corrected chi connectivity index (χ1v) is 7.87. The number of nitrogens with two attached hydrogens (primary N) is 1. The monoisotopic (exact) mass is 330 g/mol. The Morgan fingerprint density at radius 3 is 2.45 bits per heavy atom. The molecule has 0 saturated heterocycles. The van der Waals surface area contributed by atoms with Gasteiger partial charge in [0.25, 0.3) is 10.0 Å². The summed E-state index contributed by atoms with van der Waals surface area (Å²) >= 11 is 11.8. The van der Waals surface area contributed by atoms with Gasteiger partial charge in [0.2, 0.25) is 0 Å². The molecule has 0 aromatic heterocycles. The molecule has 2 aromatic carbocycles. The molecule has 0 saturated carbocycles. The molecule has 0 aliphatic carbocycles. The molecule has 0 unspecified atom stereocenters. The smallest absolute Gasteiger partial charge is 0.262 e. The van der Waals surface area contributed by atoms with E-state index in [-0.39, 0.29) is 15.6 Å². The van der Waals surface area contributed by atoms with Crippen molar-refractivity contribution in [2.75, 3.05) is 10.5 Å². The van der Waals surface area contributed by atoms with Crippen molar-refractivity contribution in [3.8, 4) is 0 Å². The summed E-state index contributed by atoms with van der Waals surface area (Å²) in [6.07, 6.45) is 0. The van der Waals surface area contributed by atoms with Gasteiger partial charge in [-0.3, -0.25) is 4.72 Å². The van der Waals surface area contributed by atoms with Crippen molar-refractivity contribution in [1.29, 1.82) is 0 Å². The van der Waals surface area contributed by atoms with E-state index >= 15 is 0 Å². The Balaban J connectivity index is 2.43. The molecule has 0 aliphatic heterocycles. The Hall–Kier alpha value is -1.43. The first kappa shape index (κ1) is 15.0. The SMILES string of the molecule is Cc1cc(N)ccc1S(=O)(=O)Nc1cc(Cl)ccc1Cl. The third-order valence-corrected chi connectivity index (χ3v) is 4.75. The summed E-state index contributed by atoms with van der Waals surface area (Å²) in [6.45, 7) is 1.67. The number of anilines is 2. The van der Waals surface area contributed by atoms with Crippen LogP contribution in [0.5, 0.6) is 0 Å². The average Bonchev–Trinajstić information content (AvgIpc) is 2.33. The van der Waals surface area contributed by atoms with E-state index in [2.05, 4.69) is 4.72 Å². The summed E-state index contributed by atoms with van der Waals surface area (Å²) in [5.41, 5.74) is 6.90. The van der Waals surface area contributed by atoms with Crippen molar-refractivity contribution in [1.82, 2.24) is 0 Å². The third-order valence-electron chi connectivity index (χ3n) is 2.66. The summed E-state index contributed by atoms with van der Waals surface area (Å²) in [6, 6.07) is 9.13. The van der Waals surface area contributed by atoms with E-state index in [1.807, 2.05) is 0 Å². The predicted molar refractivity (Wildman–Crippen MR) is 82.9 cm³/mol.